The van der Waals surface area contributed by atoms with E-state index in [9.17, 15) is 4.79 Å². The molecular formula is C11H12N2OS3. The predicted octanol–water partition coefficient (Wildman–Crippen LogP) is 3.22. The van der Waals surface area contributed by atoms with Gasteiger partial charge in [-0.3, -0.25) is 9.78 Å². The Morgan fingerprint density at radius 1 is 1.35 bits per heavy atom. The molecule has 0 spiro atoms. The Bertz CT molecular complexity index is 708. The smallest absolute Gasteiger partial charge is 0.260 e. The second-order valence-electron chi connectivity index (χ2n) is 4.84. The summed E-state index contributed by atoms with van der Waals surface area (Å²) < 4.78 is 0.619. The first-order valence-electron chi connectivity index (χ1n) is 5.37. The highest BCUT2D eigenvalue weighted by atomic mass is 32.2. The number of thiophene rings is 1. The first kappa shape index (κ1) is 11.5. The molecule has 17 heavy (non-hydrogen) atoms. The van der Waals surface area contributed by atoms with Gasteiger partial charge in [0.25, 0.3) is 5.56 Å². The fourth-order valence-corrected chi connectivity index (χ4v) is 4.81. The van der Waals surface area contributed by atoms with Crippen molar-refractivity contribution >= 4 is 45.5 Å². The van der Waals surface area contributed by atoms with Crippen molar-refractivity contribution in [2.45, 2.75) is 30.8 Å². The van der Waals surface area contributed by atoms with Gasteiger partial charge in [0.05, 0.1) is 5.39 Å². The van der Waals surface area contributed by atoms with Crippen molar-refractivity contribution in [1.82, 2.24) is 9.97 Å². The molecule has 0 saturated carbocycles. The Kier molecular flexibility index (Phi) is 2.50. The van der Waals surface area contributed by atoms with E-state index in [1.165, 1.54) is 10.4 Å². The number of fused-ring (bicyclic) bond motifs is 3. The van der Waals surface area contributed by atoms with E-state index in [-0.39, 0.29) is 10.3 Å². The van der Waals surface area contributed by atoms with Gasteiger partial charge in [-0.1, -0.05) is 13.8 Å². The van der Waals surface area contributed by atoms with E-state index in [1.54, 1.807) is 11.3 Å². The third kappa shape index (κ3) is 1.88. The van der Waals surface area contributed by atoms with Crippen LogP contribution in [0.15, 0.2) is 4.79 Å². The van der Waals surface area contributed by atoms with E-state index in [0.29, 0.717) is 4.77 Å². The monoisotopic (exact) mass is 284 g/mol. The fraction of sp³-hybridized carbons (Fsp3) is 0.455. The maximum Gasteiger partial charge on any atom is 0.260 e. The topological polar surface area (TPSA) is 48.6 Å². The number of H-pyrrole nitrogens is 2. The molecule has 0 amide bonds. The largest absolute Gasteiger partial charge is 0.323 e. The second kappa shape index (κ2) is 3.70. The van der Waals surface area contributed by atoms with Crippen LogP contribution in [-0.4, -0.2) is 14.7 Å². The average molecular weight is 284 g/mol. The van der Waals surface area contributed by atoms with Crippen molar-refractivity contribution in [1.29, 1.82) is 0 Å². The van der Waals surface area contributed by atoms with Crippen molar-refractivity contribution in [3.63, 3.8) is 0 Å². The number of rotatable bonds is 0. The second-order valence-corrected chi connectivity index (χ2v) is 8.04. The van der Waals surface area contributed by atoms with E-state index in [1.807, 2.05) is 11.8 Å². The molecule has 3 rings (SSSR count). The zero-order valence-electron chi connectivity index (χ0n) is 9.55. The van der Waals surface area contributed by atoms with Crippen LogP contribution < -0.4 is 5.56 Å². The van der Waals surface area contributed by atoms with E-state index in [0.717, 1.165) is 22.4 Å². The summed E-state index contributed by atoms with van der Waals surface area (Å²) in [5.41, 5.74) is 1.16. The molecule has 3 heterocycles. The highest BCUT2D eigenvalue weighted by Gasteiger charge is 2.29. The maximum absolute atomic E-state index is 12.0. The van der Waals surface area contributed by atoms with Crippen LogP contribution in [0.2, 0.25) is 0 Å². The Labute approximate surface area is 112 Å². The van der Waals surface area contributed by atoms with Crippen LogP contribution in [0.3, 0.4) is 0 Å². The van der Waals surface area contributed by atoms with Gasteiger partial charge in [-0.15, -0.1) is 23.1 Å². The minimum atomic E-state index is -0.0519. The Morgan fingerprint density at radius 2 is 2.12 bits per heavy atom. The first-order chi connectivity index (χ1) is 7.96. The molecule has 0 fully saturated rings. The minimum absolute atomic E-state index is 0.0519. The summed E-state index contributed by atoms with van der Waals surface area (Å²) in [5, 5.41) is 0.812. The maximum atomic E-state index is 12.0. The quantitative estimate of drug-likeness (QED) is 0.730. The molecule has 1 aliphatic rings. The van der Waals surface area contributed by atoms with Gasteiger partial charge >= 0.3 is 0 Å². The van der Waals surface area contributed by atoms with Crippen LogP contribution >= 0.6 is 35.3 Å². The van der Waals surface area contributed by atoms with E-state index in [2.05, 4.69) is 23.8 Å². The number of hydrogen-bond donors (Lipinski definition) is 2. The summed E-state index contributed by atoms with van der Waals surface area (Å²) >= 11 is 8.62. The zero-order valence-corrected chi connectivity index (χ0v) is 12.0. The summed E-state index contributed by atoms with van der Waals surface area (Å²) in [6.45, 7) is 4.45. The van der Waals surface area contributed by atoms with Gasteiger partial charge in [0.1, 0.15) is 4.83 Å². The number of hydrogen-bond acceptors (Lipinski definition) is 4. The van der Waals surface area contributed by atoms with Crippen molar-refractivity contribution in [2.75, 3.05) is 0 Å². The lowest BCUT2D eigenvalue weighted by molar-refractivity contribution is 0.699. The van der Waals surface area contributed by atoms with Crippen LogP contribution in [0, 0.1) is 4.77 Å². The lowest BCUT2D eigenvalue weighted by atomic mass is 10.00. The standard InChI is InChI=1S/C11H12N2OS3/c1-11(2)3-5-6(4-16-11)17-9-7(5)8(14)12-10(15)13-9/h3-4H2,1-2H3,(H2,12,13,14,15). The van der Waals surface area contributed by atoms with Crippen LogP contribution in [0.25, 0.3) is 10.2 Å². The highest BCUT2D eigenvalue weighted by Crippen LogP contribution is 2.43. The molecule has 6 heteroatoms. The number of thioether (sulfide) groups is 1. The molecule has 0 radical (unpaired) electrons. The molecule has 0 bridgehead atoms. The van der Waals surface area contributed by atoms with Crippen molar-refractivity contribution in [3.05, 3.63) is 25.6 Å². The van der Waals surface area contributed by atoms with Crippen molar-refractivity contribution in [3.8, 4) is 0 Å². The third-order valence-corrected chi connectivity index (χ3v) is 5.86. The molecule has 0 saturated heterocycles. The molecule has 0 aromatic carbocycles. The van der Waals surface area contributed by atoms with Crippen LogP contribution in [0.4, 0.5) is 0 Å². The number of aromatic amines is 2. The van der Waals surface area contributed by atoms with Gasteiger partial charge in [-0.05, 0) is 24.2 Å². The van der Waals surface area contributed by atoms with Gasteiger partial charge in [0.2, 0.25) is 0 Å². The molecule has 0 atom stereocenters. The molecule has 2 aromatic heterocycles. The lowest BCUT2D eigenvalue weighted by Gasteiger charge is -2.28. The molecular weight excluding hydrogens is 272 g/mol. The summed E-state index contributed by atoms with van der Waals surface area (Å²) in [6, 6.07) is 0. The van der Waals surface area contributed by atoms with E-state index in [4.69, 9.17) is 12.2 Å². The van der Waals surface area contributed by atoms with Crippen molar-refractivity contribution in [2.24, 2.45) is 0 Å². The molecule has 1 aliphatic heterocycles. The summed E-state index contributed by atoms with van der Waals surface area (Å²) in [5.74, 6) is 0.988. The fourth-order valence-electron chi connectivity index (χ4n) is 2.18. The number of aromatic nitrogens is 2. The molecule has 2 N–H and O–H groups in total. The summed E-state index contributed by atoms with van der Waals surface area (Å²) in [6.07, 6.45) is 0.945. The van der Waals surface area contributed by atoms with Gasteiger partial charge in [0, 0.05) is 15.4 Å². The molecule has 0 unspecified atom stereocenters. The van der Waals surface area contributed by atoms with Crippen LogP contribution in [-0.2, 0) is 12.2 Å². The summed E-state index contributed by atoms with van der Waals surface area (Å²) in [4.78, 5) is 20.0. The average Bonchev–Trinajstić information content (AvgIpc) is 2.53. The Morgan fingerprint density at radius 3 is 2.88 bits per heavy atom. The third-order valence-electron chi connectivity index (χ3n) is 2.97. The summed E-state index contributed by atoms with van der Waals surface area (Å²) in [7, 11) is 0. The minimum Gasteiger partial charge on any atom is -0.323 e. The van der Waals surface area contributed by atoms with E-state index < -0.39 is 0 Å². The van der Waals surface area contributed by atoms with Crippen LogP contribution in [0.5, 0.6) is 0 Å². The Hall–Kier alpha value is -0.590. The van der Waals surface area contributed by atoms with Gasteiger partial charge in [-0.25, -0.2) is 0 Å². The van der Waals surface area contributed by atoms with E-state index >= 15 is 0 Å². The first-order valence-corrected chi connectivity index (χ1v) is 7.58. The lowest BCUT2D eigenvalue weighted by Crippen LogP contribution is -2.23. The SMILES string of the molecule is CC1(C)Cc2c(sc3[nH]c(=S)[nH]c(=O)c23)CS1. The molecule has 0 aliphatic carbocycles. The van der Waals surface area contributed by atoms with Crippen molar-refractivity contribution < 1.29 is 0 Å². The molecule has 90 valence electrons. The van der Waals surface area contributed by atoms with Gasteiger partial charge in [0.15, 0.2) is 4.77 Å². The number of nitrogens with one attached hydrogen (secondary N) is 2. The van der Waals surface area contributed by atoms with Crippen LogP contribution in [0.1, 0.15) is 24.3 Å². The molecule has 3 nitrogen and oxygen atoms in total. The Balaban J connectivity index is 2.36. The van der Waals surface area contributed by atoms with Gasteiger partial charge < -0.3 is 4.98 Å². The molecule has 2 aromatic rings. The highest BCUT2D eigenvalue weighted by molar-refractivity contribution is 8.00. The zero-order chi connectivity index (χ0) is 12.2. The van der Waals surface area contributed by atoms with Gasteiger partial charge in [-0.2, -0.15) is 0 Å². The normalized spacial score (nSPS) is 18.2. The predicted molar refractivity (Wildman–Crippen MR) is 76.7 cm³/mol.